The molecule has 1 N–H and O–H groups in total. The van der Waals surface area contributed by atoms with Crippen LogP contribution in [-0.4, -0.2) is 38.2 Å². The summed E-state index contributed by atoms with van der Waals surface area (Å²) in [5.41, 5.74) is 0.716. The van der Waals surface area contributed by atoms with Crippen molar-refractivity contribution in [2.75, 3.05) is 33.3 Å². The zero-order valence-corrected chi connectivity index (χ0v) is 11.8. The minimum absolute atomic E-state index is 0.114. The Morgan fingerprint density at radius 3 is 2.74 bits per heavy atom. The fraction of sp³-hybridized carbons (Fsp3) is 0.600. The second kappa shape index (κ2) is 6.87. The van der Waals surface area contributed by atoms with E-state index in [9.17, 15) is 4.39 Å². The molecule has 106 valence electrons. The van der Waals surface area contributed by atoms with Crippen LogP contribution < -0.4 is 10.1 Å². The Morgan fingerprint density at radius 1 is 1.37 bits per heavy atom. The molecule has 1 aromatic rings. The minimum atomic E-state index is -0.156. The van der Waals surface area contributed by atoms with Gasteiger partial charge in [-0.1, -0.05) is 19.4 Å². The van der Waals surface area contributed by atoms with E-state index in [2.05, 4.69) is 17.1 Å². The van der Waals surface area contributed by atoms with Crippen molar-refractivity contribution < 1.29 is 9.13 Å². The summed E-state index contributed by atoms with van der Waals surface area (Å²) in [6, 6.07) is 5.20. The average molecular weight is 266 g/mol. The molecule has 0 unspecified atom stereocenters. The Hall–Kier alpha value is -1.13. The van der Waals surface area contributed by atoms with E-state index in [1.807, 2.05) is 6.07 Å². The van der Waals surface area contributed by atoms with Crippen molar-refractivity contribution in [3.05, 3.63) is 29.6 Å². The Labute approximate surface area is 114 Å². The summed E-state index contributed by atoms with van der Waals surface area (Å²) in [4.78, 5) is 2.36. The molecule has 0 saturated carbocycles. The highest BCUT2D eigenvalue weighted by Crippen LogP contribution is 2.34. The van der Waals surface area contributed by atoms with Crippen molar-refractivity contribution in [2.24, 2.45) is 0 Å². The number of benzene rings is 1. The van der Waals surface area contributed by atoms with Gasteiger partial charge in [-0.05, 0) is 18.6 Å². The highest BCUT2D eigenvalue weighted by molar-refractivity contribution is 5.37. The third kappa shape index (κ3) is 3.25. The van der Waals surface area contributed by atoms with Gasteiger partial charge in [0, 0.05) is 37.8 Å². The Morgan fingerprint density at radius 2 is 2.11 bits per heavy atom. The van der Waals surface area contributed by atoms with E-state index in [-0.39, 0.29) is 11.9 Å². The van der Waals surface area contributed by atoms with Crippen LogP contribution in [0.2, 0.25) is 0 Å². The fourth-order valence-corrected chi connectivity index (χ4v) is 2.80. The van der Waals surface area contributed by atoms with E-state index in [1.165, 1.54) is 6.07 Å². The molecule has 1 aliphatic rings. The van der Waals surface area contributed by atoms with Gasteiger partial charge >= 0.3 is 0 Å². The molecule has 0 aromatic heterocycles. The highest BCUT2D eigenvalue weighted by atomic mass is 19.1. The first kappa shape index (κ1) is 14.3. The zero-order chi connectivity index (χ0) is 13.7. The molecule has 0 amide bonds. The van der Waals surface area contributed by atoms with Gasteiger partial charge in [-0.25, -0.2) is 4.39 Å². The molecular weight excluding hydrogens is 243 g/mol. The average Bonchev–Trinajstić information content (AvgIpc) is 2.46. The smallest absolute Gasteiger partial charge is 0.131 e. The number of halogens is 1. The second-order valence-corrected chi connectivity index (χ2v) is 4.95. The Bertz CT molecular complexity index is 405. The van der Waals surface area contributed by atoms with Gasteiger partial charge in [0.25, 0.3) is 0 Å². The third-order valence-electron chi connectivity index (χ3n) is 3.72. The first-order valence-electron chi connectivity index (χ1n) is 7.05. The first-order valence-corrected chi connectivity index (χ1v) is 7.05. The van der Waals surface area contributed by atoms with E-state index >= 15 is 0 Å². The molecule has 1 heterocycles. The molecule has 2 rings (SSSR count). The van der Waals surface area contributed by atoms with Gasteiger partial charge in [-0.2, -0.15) is 0 Å². The van der Waals surface area contributed by atoms with Crippen molar-refractivity contribution in [1.82, 2.24) is 10.2 Å². The number of nitrogens with zero attached hydrogens (tertiary/aromatic N) is 1. The minimum Gasteiger partial charge on any atom is -0.496 e. The molecule has 1 fully saturated rings. The van der Waals surface area contributed by atoms with Crippen LogP contribution in [0.25, 0.3) is 0 Å². The summed E-state index contributed by atoms with van der Waals surface area (Å²) in [6.07, 6.45) is 1.99. The molecule has 19 heavy (non-hydrogen) atoms. The summed E-state index contributed by atoms with van der Waals surface area (Å²) in [5.74, 6) is 0.508. The highest BCUT2D eigenvalue weighted by Gasteiger charge is 2.26. The predicted molar refractivity (Wildman–Crippen MR) is 75.0 cm³/mol. The van der Waals surface area contributed by atoms with Gasteiger partial charge in [-0.15, -0.1) is 0 Å². The van der Waals surface area contributed by atoms with Crippen LogP contribution in [0.3, 0.4) is 0 Å². The number of rotatable bonds is 5. The van der Waals surface area contributed by atoms with Crippen LogP contribution in [0, 0.1) is 5.82 Å². The third-order valence-corrected chi connectivity index (χ3v) is 3.72. The monoisotopic (exact) mass is 266 g/mol. The van der Waals surface area contributed by atoms with E-state index in [0.717, 1.165) is 39.0 Å². The zero-order valence-electron chi connectivity index (χ0n) is 11.8. The summed E-state index contributed by atoms with van der Waals surface area (Å²) < 4.78 is 19.6. The number of hydrogen-bond donors (Lipinski definition) is 1. The lowest BCUT2D eigenvalue weighted by Gasteiger charge is -2.35. The number of nitrogens with one attached hydrogen (secondary N) is 1. The van der Waals surface area contributed by atoms with Gasteiger partial charge < -0.3 is 10.1 Å². The summed E-state index contributed by atoms with van der Waals surface area (Å²) in [6.45, 7) is 6.00. The molecule has 1 saturated heterocycles. The molecule has 1 aromatic carbocycles. The molecule has 1 aliphatic heterocycles. The van der Waals surface area contributed by atoms with E-state index in [1.54, 1.807) is 13.2 Å². The van der Waals surface area contributed by atoms with Crippen molar-refractivity contribution in [3.63, 3.8) is 0 Å². The Kier molecular flexibility index (Phi) is 5.16. The molecular formula is C15H23FN2O. The van der Waals surface area contributed by atoms with Gasteiger partial charge in [0.1, 0.15) is 11.6 Å². The van der Waals surface area contributed by atoms with Crippen molar-refractivity contribution in [2.45, 2.75) is 25.8 Å². The fourth-order valence-electron chi connectivity index (χ4n) is 2.80. The predicted octanol–water partition coefficient (Wildman–Crippen LogP) is 2.58. The molecule has 1 atom stereocenters. The van der Waals surface area contributed by atoms with Crippen molar-refractivity contribution in [3.8, 4) is 5.75 Å². The maximum Gasteiger partial charge on any atom is 0.131 e. The van der Waals surface area contributed by atoms with Crippen LogP contribution in [0.15, 0.2) is 18.2 Å². The molecule has 0 aliphatic carbocycles. The molecule has 3 nitrogen and oxygen atoms in total. The lowest BCUT2D eigenvalue weighted by Crippen LogP contribution is -2.45. The molecule has 0 spiro atoms. The lowest BCUT2D eigenvalue weighted by atomic mass is 9.98. The second-order valence-electron chi connectivity index (χ2n) is 4.95. The van der Waals surface area contributed by atoms with E-state index in [4.69, 9.17) is 4.74 Å². The maximum absolute atomic E-state index is 14.2. The quantitative estimate of drug-likeness (QED) is 0.886. The normalized spacial score (nSPS) is 18.3. The van der Waals surface area contributed by atoms with Gasteiger partial charge in [0.05, 0.1) is 7.11 Å². The van der Waals surface area contributed by atoms with E-state index in [0.29, 0.717) is 11.3 Å². The summed E-state index contributed by atoms with van der Waals surface area (Å²) >= 11 is 0. The van der Waals surface area contributed by atoms with Gasteiger partial charge in [0.15, 0.2) is 0 Å². The standard InChI is InChI=1S/C15H23FN2O/c1-3-5-13(18-10-8-17-9-11-18)15-12(16)6-4-7-14(15)19-2/h4,6-7,13,17H,3,5,8-11H2,1-2H3/t13-/m1/s1. The molecule has 4 heteroatoms. The van der Waals surface area contributed by atoms with Crippen molar-refractivity contribution >= 4 is 0 Å². The van der Waals surface area contributed by atoms with Crippen LogP contribution >= 0.6 is 0 Å². The number of piperazine rings is 1. The number of methoxy groups -OCH3 is 1. The topological polar surface area (TPSA) is 24.5 Å². The van der Waals surface area contributed by atoms with E-state index < -0.39 is 0 Å². The summed E-state index contributed by atoms with van der Waals surface area (Å²) in [7, 11) is 1.61. The van der Waals surface area contributed by atoms with Crippen molar-refractivity contribution in [1.29, 1.82) is 0 Å². The Balaban J connectivity index is 2.32. The van der Waals surface area contributed by atoms with Crippen LogP contribution in [0.1, 0.15) is 31.4 Å². The van der Waals surface area contributed by atoms with Gasteiger partial charge in [0.2, 0.25) is 0 Å². The largest absolute Gasteiger partial charge is 0.496 e. The van der Waals surface area contributed by atoms with Gasteiger partial charge in [-0.3, -0.25) is 4.90 Å². The molecule has 0 radical (unpaired) electrons. The SMILES string of the molecule is CCC[C@H](c1c(F)cccc1OC)N1CCNCC1. The first-order chi connectivity index (χ1) is 9.27. The molecule has 0 bridgehead atoms. The maximum atomic E-state index is 14.2. The van der Waals surface area contributed by atoms with Crippen LogP contribution in [-0.2, 0) is 0 Å². The summed E-state index contributed by atoms with van der Waals surface area (Å²) in [5, 5.41) is 3.34. The lowest BCUT2D eigenvalue weighted by molar-refractivity contribution is 0.158. The van der Waals surface area contributed by atoms with Crippen LogP contribution in [0.4, 0.5) is 4.39 Å². The number of hydrogen-bond acceptors (Lipinski definition) is 3. The van der Waals surface area contributed by atoms with Crippen LogP contribution in [0.5, 0.6) is 5.75 Å². The number of ether oxygens (including phenoxy) is 1.